The Balaban J connectivity index is 1.71. The summed E-state index contributed by atoms with van der Waals surface area (Å²) in [6.45, 7) is 3.70. The zero-order valence-corrected chi connectivity index (χ0v) is 26.7. The van der Waals surface area contributed by atoms with E-state index in [1.807, 2.05) is 74.5 Å². The highest BCUT2D eigenvalue weighted by Gasteiger charge is 2.34. The second-order valence-corrected chi connectivity index (χ2v) is 13.1. The second-order valence-electron chi connectivity index (χ2n) is 11.2. The molecule has 0 saturated carbocycles. The van der Waals surface area contributed by atoms with Crippen molar-refractivity contribution in [1.29, 1.82) is 0 Å². The largest absolute Gasteiger partial charge is 0.453 e. The first-order valence-electron chi connectivity index (χ1n) is 14.9. The topological polar surface area (TPSA) is 151 Å². The molecule has 45 heavy (non-hydrogen) atoms. The fraction of sp³-hybridized carbons (Fsp3) is 0.394. The van der Waals surface area contributed by atoms with Crippen LogP contribution in [-0.2, 0) is 19.6 Å². The first-order chi connectivity index (χ1) is 21.5. The van der Waals surface area contributed by atoms with E-state index in [9.17, 15) is 27.5 Å². The van der Waals surface area contributed by atoms with Crippen molar-refractivity contribution in [3.63, 3.8) is 0 Å². The number of nitrogens with two attached hydrogens (primary N) is 1. The predicted octanol–water partition coefficient (Wildman–Crippen LogP) is 4.26. The summed E-state index contributed by atoms with van der Waals surface area (Å²) >= 11 is 0. The molecular weight excluding hydrogens is 599 g/mol. The summed E-state index contributed by atoms with van der Waals surface area (Å²) in [6.07, 6.45) is 0.535. The Morgan fingerprint density at radius 2 is 1.58 bits per heavy atom. The van der Waals surface area contributed by atoms with Crippen LogP contribution in [0, 0.1) is 11.7 Å². The second kappa shape index (κ2) is 16.9. The lowest BCUT2D eigenvalue weighted by molar-refractivity contribution is -0.123. The van der Waals surface area contributed by atoms with Gasteiger partial charge in [0.1, 0.15) is 11.9 Å². The molecule has 0 spiro atoms. The molecule has 0 radical (unpaired) electrons. The monoisotopic (exact) mass is 642 g/mol. The van der Waals surface area contributed by atoms with Crippen molar-refractivity contribution < 1.29 is 32.2 Å². The summed E-state index contributed by atoms with van der Waals surface area (Å²) in [5, 5.41) is 15.8. The average molecular weight is 643 g/mol. The molecule has 0 aliphatic rings. The first-order valence-corrected chi connectivity index (χ1v) is 16.3. The van der Waals surface area contributed by atoms with Crippen molar-refractivity contribution in [2.45, 2.75) is 56.0 Å². The number of methoxy groups -OCH3 is 1. The SMILES string of the molecule is COC(=O)N[C@H](C(=O)NCCCCC(CO)N(CC(C)C)S(=O)(=O)c1ccc(F)c(N)c1)C(c1ccccc1)c1ccccc1. The Morgan fingerprint density at radius 1 is 0.978 bits per heavy atom. The maximum absolute atomic E-state index is 13.7. The number of benzene rings is 3. The van der Waals surface area contributed by atoms with Crippen LogP contribution in [-0.4, -0.2) is 68.7 Å². The van der Waals surface area contributed by atoms with Crippen LogP contribution >= 0.6 is 0 Å². The van der Waals surface area contributed by atoms with E-state index in [1.54, 1.807) is 0 Å². The van der Waals surface area contributed by atoms with Crippen LogP contribution in [0.2, 0.25) is 0 Å². The van der Waals surface area contributed by atoms with Gasteiger partial charge in [-0.2, -0.15) is 4.31 Å². The van der Waals surface area contributed by atoms with Crippen LogP contribution in [0.1, 0.15) is 50.2 Å². The number of nitrogens with one attached hydrogen (secondary N) is 2. The predicted molar refractivity (Wildman–Crippen MR) is 171 cm³/mol. The number of ether oxygens (including phenoxy) is 1. The van der Waals surface area contributed by atoms with Crippen LogP contribution in [0.15, 0.2) is 83.8 Å². The number of sulfonamides is 1. The standard InChI is InChI=1S/C33H43FN4O6S/c1-23(2)21-38(45(42,43)27-17-18-28(34)29(35)20-27)26(22-39)16-10-11-19-36-32(40)31(37-33(41)44-3)30(24-12-6-4-7-13-24)25-14-8-5-9-15-25/h4-9,12-15,17-18,20,23,26,30-31,39H,10-11,16,19,21-22,35H2,1-3H3,(H,36,40)(H,37,41)/t26?,31-/m0/s1. The molecule has 0 heterocycles. The maximum atomic E-state index is 13.7. The van der Waals surface area contributed by atoms with Gasteiger partial charge in [-0.1, -0.05) is 80.9 Å². The summed E-state index contributed by atoms with van der Waals surface area (Å²) < 4.78 is 46.9. The number of unbranched alkanes of at least 4 members (excludes halogenated alkanes) is 1. The molecule has 0 fully saturated rings. The minimum atomic E-state index is -4.09. The summed E-state index contributed by atoms with van der Waals surface area (Å²) in [4.78, 5) is 25.7. The van der Waals surface area contributed by atoms with Crippen LogP contribution < -0.4 is 16.4 Å². The molecule has 10 nitrogen and oxygen atoms in total. The molecule has 5 N–H and O–H groups in total. The Hall–Kier alpha value is -4.00. The number of alkyl carbamates (subject to hydrolysis) is 1. The van der Waals surface area contributed by atoms with E-state index in [0.717, 1.165) is 29.3 Å². The molecule has 3 aromatic carbocycles. The van der Waals surface area contributed by atoms with E-state index in [4.69, 9.17) is 10.5 Å². The number of halogens is 1. The van der Waals surface area contributed by atoms with Gasteiger partial charge in [-0.25, -0.2) is 17.6 Å². The molecular formula is C33H43FN4O6S. The number of hydrogen-bond donors (Lipinski definition) is 4. The van der Waals surface area contributed by atoms with Gasteiger partial charge in [0.05, 0.1) is 24.3 Å². The number of nitrogen functional groups attached to an aromatic ring is 1. The van der Waals surface area contributed by atoms with E-state index in [2.05, 4.69) is 10.6 Å². The van der Waals surface area contributed by atoms with Crippen molar-refractivity contribution >= 4 is 27.7 Å². The van der Waals surface area contributed by atoms with Crippen molar-refractivity contribution in [3.05, 3.63) is 95.8 Å². The number of anilines is 1. The number of aliphatic hydroxyl groups excluding tert-OH is 1. The Kier molecular flexibility index (Phi) is 13.3. The van der Waals surface area contributed by atoms with Crippen LogP contribution in [0.25, 0.3) is 0 Å². The summed E-state index contributed by atoms with van der Waals surface area (Å²) in [5.41, 5.74) is 7.02. The van der Waals surface area contributed by atoms with Gasteiger partial charge in [-0.15, -0.1) is 0 Å². The molecule has 3 aromatic rings. The quantitative estimate of drug-likeness (QED) is 0.135. The normalized spacial score (nSPS) is 13.1. The van der Waals surface area contributed by atoms with Crippen molar-refractivity contribution in [2.24, 2.45) is 5.92 Å². The fourth-order valence-electron chi connectivity index (χ4n) is 5.16. The molecule has 3 rings (SSSR count). The summed E-state index contributed by atoms with van der Waals surface area (Å²) in [6, 6.07) is 20.3. The van der Waals surface area contributed by atoms with E-state index in [-0.39, 0.29) is 29.6 Å². The van der Waals surface area contributed by atoms with Crippen LogP contribution in [0.3, 0.4) is 0 Å². The first kappa shape index (κ1) is 35.5. The van der Waals surface area contributed by atoms with E-state index in [0.29, 0.717) is 19.3 Å². The van der Waals surface area contributed by atoms with Crippen molar-refractivity contribution in [2.75, 3.05) is 32.5 Å². The van der Waals surface area contributed by atoms with Gasteiger partial charge in [-0.3, -0.25) is 4.79 Å². The third kappa shape index (κ3) is 9.74. The molecule has 0 aliphatic heterocycles. The highest BCUT2D eigenvalue weighted by Crippen LogP contribution is 2.29. The summed E-state index contributed by atoms with van der Waals surface area (Å²) in [5.74, 6) is -1.67. The number of carbonyl (C=O) groups is 2. The number of rotatable bonds is 16. The number of aliphatic hydroxyl groups is 1. The third-order valence-electron chi connectivity index (χ3n) is 7.39. The molecule has 0 bridgehead atoms. The average Bonchev–Trinajstić information content (AvgIpc) is 3.03. The minimum Gasteiger partial charge on any atom is -0.453 e. The minimum absolute atomic E-state index is 0.0488. The van der Waals surface area contributed by atoms with E-state index < -0.39 is 52.4 Å². The van der Waals surface area contributed by atoms with Gasteiger partial charge in [0.15, 0.2) is 0 Å². The Labute approximate surface area is 264 Å². The van der Waals surface area contributed by atoms with Crippen LogP contribution in [0.4, 0.5) is 14.9 Å². The fourth-order valence-corrected chi connectivity index (χ4v) is 7.00. The van der Waals surface area contributed by atoms with Gasteiger partial charge in [0.2, 0.25) is 15.9 Å². The summed E-state index contributed by atoms with van der Waals surface area (Å²) in [7, 11) is -2.85. The molecule has 1 unspecified atom stereocenters. The van der Waals surface area contributed by atoms with E-state index in [1.165, 1.54) is 11.4 Å². The lowest BCUT2D eigenvalue weighted by Crippen LogP contribution is -2.50. The van der Waals surface area contributed by atoms with Gasteiger partial charge in [0, 0.05) is 25.0 Å². The van der Waals surface area contributed by atoms with Gasteiger partial charge < -0.3 is 26.2 Å². The molecule has 2 amide bonds. The van der Waals surface area contributed by atoms with Gasteiger partial charge >= 0.3 is 6.09 Å². The number of nitrogens with zero attached hydrogens (tertiary/aromatic N) is 1. The maximum Gasteiger partial charge on any atom is 0.407 e. The Morgan fingerprint density at radius 3 is 2.09 bits per heavy atom. The highest BCUT2D eigenvalue weighted by atomic mass is 32.2. The third-order valence-corrected chi connectivity index (χ3v) is 9.31. The zero-order valence-electron chi connectivity index (χ0n) is 25.9. The Bertz CT molecular complexity index is 1450. The zero-order chi connectivity index (χ0) is 33.0. The molecule has 0 aliphatic carbocycles. The number of amides is 2. The molecule has 0 saturated heterocycles. The van der Waals surface area contributed by atoms with Gasteiger partial charge in [-0.05, 0) is 48.1 Å². The molecule has 244 valence electrons. The van der Waals surface area contributed by atoms with Crippen molar-refractivity contribution in [3.8, 4) is 0 Å². The molecule has 12 heteroatoms. The lowest BCUT2D eigenvalue weighted by atomic mass is 9.84. The van der Waals surface area contributed by atoms with Crippen molar-refractivity contribution in [1.82, 2.24) is 14.9 Å². The molecule has 0 aromatic heterocycles. The number of carbonyl (C=O) groups excluding carboxylic acids is 2. The smallest absolute Gasteiger partial charge is 0.407 e. The van der Waals surface area contributed by atoms with Crippen LogP contribution in [0.5, 0.6) is 0 Å². The number of hydrogen-bond acceptors (Lipinski definition) is 7. The van der Waals surface area contributed by atoms with E-state index >= 15 is 0 Å². The molecule has 2 atom stereocenters. The highest BCUT2D eigenvalue weighted by molar-refractivity contribution is 7.89. The lowest BCUT2D eigenvalue weighted by Gasteiger charge is -2.31. The van der Waals surface area contributed by atoms with Gasteiger partial charge in [0.25, 0.3) is 0 Å².